The molecule has 84 valence electrons. The lowest BCUT2D eigenvalue weighted by atomic mass is 10.0. The van der Waals surface area contributed by atoms with Crippen molar-refractivity contribution in [2.24, 2.45) is 11.7 Å². The molecule has 0 fully saturated rings. The molecule has 0 aromatic carbocycles. The van der Waals surface area contributed by atoms with Gasteiger partial charge in [0, 0.05) is 18.0 Å². The van der Waals surface area contributed by atoms with Crippen LogP contribution in [0.3, 0.4) is 0 Å². The summed E-state index contributed by atoms with van der Waals surface area (Å²) in [5, 5.41) is 0. The Morgan fingerprint density at radius 1 is 1.40 bits per heavy atom. The molecule has 2 N–H and O–H groups in total. The molecule has 0 radical (unpaired) electrons. The standard InChI is InChI=1S/C12H20N2O/c1-9(2)8-15-12-4-5-14-7-11(12)10(3)6-13/h4-5,7,9-10H,6,8,13H2,1-3H3. The Bertz CT molecular complexity index is 299. The summed E-state index contributed by atoms with van der Waals surface area (Å²) < 4.78 is 5.73. The molecule has 1 unspecified atom stereocenters. The molecule has 0 spiro atoms. The zero-order valence-electron chi connectivity index (χ0n) is 9.73. The molecule has 0 amide bonds. The average Bonchev–Trinajstić information content (AvgIpc) is 2.25. The fourth-order valence-corrected chi connectivity index (χ4v) is 1.28. The molecule has 0 aliphatic carbocycles. The van der Waals surface area contributed by atoms with Crippen molar-refractivity contribution >= 4 is 0 Å². The van der Waals surface area contributed by atoms with E-state index in [2.05, 4.69) is 25.8 Å². The molecule has 3 heteroatoms. The highest BCUT2D eigenvalue weighted by Crippen LogP contribution is 2.24. The summed E-state index contributed by atoms with van der Waals surface area (Å²) in [4.78, 5) is 4.11. The van der Waals surface area contributed by atoms with Crippen LogP contribution in [0, 0.1) is 5.92 Å². The van der Waals surface area contributed by atoms with Gasteiger partial charge in [-0.25, -0.2) is 0 Å². The first kappa shape index (κ1) is 12.0. The summed E-state index contributed by atoms with van der Waals surface area (Å²) in [6.45, 7) is 7.69. The van der Waals surface area contributed by atoms with E-state index in [1.165, 1.54) is 0 Å². The van der Waals surface area contributed by atoms with Crippen LogP contribution in [0.4, 0.5) is 0 Å². The molecule has 3 nitrogen and oxygen atoms in total. The molecule has 0 aliphatic rings. The SMILES string of the molecule is CC(C)COc1ccncc1C(C)CN. The maximum Gasteiger partial charge on any atom is 0.125 e. The second kappa shape index (κ2) is 5.71. The Morgan fingerprint density at radius 3 is 2.73 bits per heavy atom. The minimum Gasteiger partial charge on any atom is -0.493 e. The highest BCUT2D eigenvalue weighted by atomic mass is 16.5. The number of nitrogens with two attached hydrogens (primary N) is 1. The molecular weight excluding hydrogens is 188 g/mol. The van der Waals surface area contributed by atoms with E-state index in [0.717, 1.165) is 17.9 Å². The molecule has 0 saturated carbocycles. The third-order valence-electron chi connectivity index (χ3n) is 2.27. The van der Waals surface area contributed by atoms with Gasteiger partial charge >= 0.3 is 0 Å². The Hall–Kier alpha value is -1.09. The lowest BCUT2D eigenvalue weighted by Crippen LogP contribution is -2.12. The Kier molecular flexibility index (Phi) is 4.56. The molecule has 0 bridgehead atoms. The van der Waals surface area contributed by atoms with E-state index in [0.29, 0.717) is 18.4 Å². The van der Waals surface area contributed by atoms with Gasteiger partial charge in [-0.2, -0.15) is 0 Å². The van der Waals surface area contributed by atoms with Gasteiger partial charge in [-0.3, -0.25) is 4.98 Å². The van der Waals surface area contributed by atoms with Crippen molar-refractivity contribution in [3.63, 3.8) is 0 Å². The zero-order valence-corrected chi connectivity index (χ0v) is 9.73. The molecular formula is C12H20N2O. The first-order valence-electron chi connectivity index (χ1n) is 5.42. The van der Waals surface area contributed by atoms with Gasteiger partial charge in [0.25, 0.3) is 0 Å². The fraction of sp³-hybridized carbons (Fsp3) is 0.583. The Morgan fingerprint density at radius 2 is 2.13 bits per heavy atom. The van der Waals surface area contributed by atoms with E-state index < -0.39 is 0 Å². The first-order chi connectivity index (χ1) is 7.15. The lowest BCUT2D eigenvalue weighted by molar-refractivity contribution is 0.267. The van der Waals surface area contributed by atoms with Crippen molar-refractivity contribution in [2.75, 3.05) is 13.2 Å². The highest BCUT2D eigenvalue weighted by Gasteiger charge is 2.10. The summed E-state index contributed by atoms with van der Waals surface area (Å²) in [6.07, 6.45) is 3.59. The lowest BCUT2D eigenvalue weighted by Gasteiger charge is -2.15. The zero-order chi connectivity index (χ0) is 11.3. The minimum atomic E-state index is 0.292. The molecule has 1 heterocycles. The number of hydrogen-bond donors (Lipinski definition) is 1. The number of nitrogens with zero attached hydrogens (tertiary/aromatic N) is 1. The predicted octanol–water partition coefficient (Wildman–Crippen LogP) is 2.18. The molecule has 1 atom stereocenters. The number of aromatic nitrogens is 1. The number of ether oxygens (including phenoxy) is 1. The molecule has 15 heavy (non-hydrogen) atoms. The van der Waals surface area contributed by atoms with Gasteiger partial charge in [-0.15, -0.1) is 0 Å². The third kappa shape index (κ3) is 3.51. The van der Waals surface area contributed by atoms with Crippen LogP contribution in [0.25, 0.3) is 0 Å². The van der Waals surface area contributed by atoms with Crippen molar-refractivity contribution in [2.45, 2.75) is 26.7 Å². The van der Waals surface area contributed by atoms with E-state index in [-0.39, 0.29) is 0 Å². The maximum absolute atomic E-state index is 5.73. The van der Waals surface area contributed by atoms with Crippen molar-refractivity contribution < 1.29 is 4.74 Å². The van der Waals surface area contributed by atoms with Crippen molar-refractivity contribution in [1.82, 2.24) is 4.98 Å². The van der Waals surface area contributed by atoms with Gasteiger partial charge in [-0.1, -0.05) is 20.8 Å². The van der Waals surface area contributed by atoms with E-state index in [4.69, 9.17) is 10.5 Å². The van der Waals surface area contributed by atoms with Crippen LogP contribution < -0.4 is 10.5 Å². The average molecular weight is 208 g/mol. The topological polar surface area (TPSA) is 48.1 Å². The van der Waals surface area contributed by atoms with Crippen LogP contribution in [0.2, 0.25) is 0 Å². The summed E-state index contributed by atoms with van der Waals surface area (Å²) in [7, 11) is 0. The van der Waals surface area contributed by atoms with Gasteiger partial charge in [0.2, 0.25) is 0 Å². The van der Waals surface area contributed by atoms with Gasteiger partial charge in [0.1, 0.15) is 5.75 Å². The van der Waals surface area contributed by atoms with Crippen molar-refractivity contribution in [3.8, 4) is 5.75 Å². The van der Waals surface area contributed by atoms with Gasteiger partial charge < -0.3 is 10.5 Å². The number of hydrogen-bond acceptors (Lipinski definition) is 3. The summed E-state index contributed by atoms with van der Waals surface area (Å²) in [5.74, 6) is 1.73. The molecule has 1 aromatic heterocycles. The quantitative estimate of drug-likeness (QED) is 0.806. The summed E-state index contributed by atoms with van der Waals surface area (Å²) >= 11 is 0. The molecule has 1 rings (SSSR count). The molecule has 0 aliphatic heterocycles. The Labute approximate surface area is 91.7 Å². The smallest absolute Gasteiger partial charge is 0.125 e. The monoisotopic (exact) mass is 208 g/mol. The van der Waals surface area contributed by atoms with Gasteiger partial charge in [0.05, 0.1) is 6.61 Å². The van der Waals surface area contributed by atoms with E-state index in [1.54, 1.807) is 6.20 Å². The Balaban J connectivity index is 2.77. The largest absolute Gasteiger partial charge is 0.493 e. The fourth-order valence-electron chi connectivity index (χ4n) is 1.28. The number of rotatable bonds is 5. The second-order valence-corrected chi connectivity index (χ2v) is 4.26. The predicted molar refractivity (Wildman–Crippen MR) is 62.0 cm³/mol. The molecule has 1 aromatic rings. The first-order valence-corrected chi connectivity index (χ1v) is 5.42. The van der Waals surface area contributed by atoms with Crippen molar-refractivity contribution in [3.05, 3.63) is 24.0 Å². The maximum atomic E-state index is 5.73. The van der Waals surface area contributed by atoms with Crippen LogP contribution >= 0.6 is 0 Å². The van der Waals surface area contributed by atoms with E-state index in [9.17, 15) is 0 Å². The second-order valence-electron chi connectivity index (χ2n) is 4.26. The third-order valence-corrected chi connectivity index (χ3v) is 2.27. The van der Waals surface area contributed by atoms with Gasteiger partial charge in [0.15, 0.2) is 0 Å². The number of pyridine rings is 1. The van der Waals surface area contributed by atoms with Crippen LogP contribution in [-0.2, 0) is 0 Å². The van der Waals surface area contributed by atoms with Crippen LogP contribution in [0.5, 0.6) is 5.75 Å². The van der Waals surface area contributed by atoms with Crippen LogP contribution in [-0.4, -0.2) is 18.1 Å². The highest BCUT2D eigenvalue weighted by molar-refractivity contribution is 5.33. The van der Waals surface area contributed by atoms with E-state index in [1.807, 2.05) is 12.3 Å². The van der Waals surface area contributed by atoms with E-state index >= 15 is 0 Å². The summed E-state index contributed by atoms with van der Waals surface area (Å²) in [6, 6.07) is 1.91. The molecule has 0 saturated heterocycles. The summed E-state index contributed by atoms with van der Waals surface area (Å²) in [5.41, 5.74) is 6.74. The van der Waals surface area contributed by atoms with Crippen LogP contribution in [0.15, 0.2) is 18.5 Å². The minimum absolute atomic E-state index is 0.292. The van der Waals surface area contributed by atoms with Crippen molar-refractivity contribution in [1.29, 1.82) is 0 Å². The van der Waals surface area contributed by atoms with Gasteiger partial charge in [-0.05, 0) is 24.4 Å². The van der Waals surface area contributed by atoms with Crippen LogP contribution in [0.1, 0.15) is 32.3 Å². The normalized spacial score (nSPS) is 12.9.